The molecule has 0 radical (unpaired) electrons. The number of hydrogen-bond acceptors (Lipinski definition) is 5. The van der Waals surface area contributed by atoms with Gasteiger partial charge >= 0.3 is 6.09 Å². The lowest BCUT2D eigenvalue weighted by molar-refractivity contribution is 0.00810. The summed E-state index contributed by atoms with van der Waals surface area (Å²) >= 11 is 0. The Balaban J connectivity index is 1.60. The molecule has 7 heteroatoms. The highest BCUT2D eigenvalue weighted by Crippen LogP contribution is 2.36. The van der Waals surface area contributed by atoms with Crippen molar-refractivity contribution in [3.05, 3.63) is 35.8 Å². The van der Waals surface area contributed by atoms with Crippen molar-refractivity contribution in [3.63, 3.8) is 0 Å². The van der Waals surface area contributed by atoms with E-state index in [1.807, 2.05) is 37.9 Å². The standard InChI is InChI=1S/C24H34N4O3/c1-16-7-8-17(2)28(16)22-11-21(30-6)20(12-25-22)26-13-18-9-10-19(15-26)27(14-18)23(29)31-24(3,4)5/h7-8,11-12,18-19H,9-10,13-15H2,1-6H3. The molecule has 2 atom stereocenters. The van der Waals surface area contributed by atoms with Gasteiger partial charge in [0.1, 0.15) is 17.2 Å². The maximum absolute atomic E-state index is 12.8. The van der Waals surface area contributed by atoms with Crippen LogP contribution in [0.15, 0.2) is 24.4 Å². The monoisotopic (exact) mass is 426 g/mol. The molecule has 7 nitrogen and oxygen atoms in total. The molecular weight excluding hydrogens is 392 g/mol. The predicted molar refractivity (Wildman–Crippen MR) is 121 cm³/mol. The summed E-state index contributed by atoms with van der Waals surface area (Å²) in [6.07, 6.45) is 3.82. The Labute approximate surface area is 184 Å². The van der Waals surface area contributed by atoms with E-state index in [9.17, 15) is 4.79 Å². The zero-order valence-corrected chi connectivity index (χ0v) is 19.5. The van der Waals surface area contributed by atoms with Crippen molar-refractivity contribution in [3.8, 4) is 11.6 Å². The van der Waals surface area contributed by atoms with Crippen molar-refractivity contribution in [2.45, 2.75) is 59.1 Å². The molecule has 3 saturated heterocycles. The van der Waals surface area contributed by atoms with Gasteiger partial charge in [0.25, 0.3) is 0 Å². The average Bonchev–Trinajstić information content (AvgIpc) is 2.87. The summed E-state index contributed by atoms with van der Waals surface area (Å²) in [5.41, 5.74) is 2.78. The van der Waals surface area contributed by atoms with Crippen LogP contribution in [0.3, 0.4) is 0 Å². The molecule has 3 aliphatic rings. The second kappa shape index (κ2) is 8.09. The number of hydrogen-bond donors (Lipinski definition) is 0. The molecule has 168 valence electrons. The van der Waals surface area contributed by atoms with E-state index in [4.69, 9.17) is 14.5 Å². The Morgan fingerprint density at radius 2 is 1.81 bits per heavy atom. The van der Waals surface area contributed by atoms with Gasteiger partial charge in [-0.15, -0.1) is 0 Å². The van der Waals surface area contributed by atoms with Crippen molar-refractivity contribution in [1.82, 2.24) is 14.5 Å². The number of nitrogens with zero attached hydrogens (tertiary/aromatic N) is 4. The number of amides is 1. The van der Waals surface area contributed by atoms with E-state index >= 15 is 0 Å². The Bertz CT molecular complexity index is 943. The number of aromatic nitrogens is 2. The summed E-state index contributed by atoms with van der Waals surface area (Å²) in [5.74, 6) is 2.07. The minimum Gasteiger partial charge on any atom is -0.494 e. The zero-order chi connectivity index (χ0) is 22.3. The summed E-state index contributed by atoms with van der Waals surface area (Å²) < 4.78 is 13.6. The van der Waals surface area contributed by atoms with E-state index in [2.05, 4.69) is 35.4 Å². The van der Waals surface area contributed by atoms with Gasteiger partial charge in [-0.25, -0.2) is 9.78 Å². The maximum atomic E-state index is 12.8. The highest BCUT2D eigenvalue weighted by atomic mass is 16.6. The highest BCUT2D eigenvalue weighted by molar-refractivity contribution is 5.69. The smallest absolute Gasteiger partial charge is 0.410 e. The Morgan fingerprint density at radius 1 is 1.10 bits per heavy atom. The first-order chi connectivity index (χ1) is 14.7. The second-order valence-electron chi connectivity index (χ2n) is 9.80. The Kier molecular flexibility index (Phi) is 5.62. The van der Waals surface area contributed by atoms with Gasteiger partial charge in [-0.3, -0.25) is 0 Å². The zero-order valence-electron chi connectivity index (χ0n) is 19.5. The first-order valence-electron chi connectivity index (χ1n) is 11.1. The molecule has 2 aromatic heterocycles. The number of carbonyl (C=O) groups excluding carboxylic acids is 1. The van der Waals surface area contributed by atoms with Crippen LogP contribution in [0.5, 0.6) is 5.75 Å². The predicted octanol–water partition coefficient (Wildman–Crippen LogP) is 4.33. The number of carbonyl (C=O) groups is 1. The first kappa shape index (κ1) is 21.5. The number of aryl methyl sites for hydroxylation is 2. The highest BCUT2D eigenvalue weighted by Gasteiger charge is 2.39. The molecule has 0 spiro atoms. The van der Waals surface area contributed by atoms with Crippen LogP contribution >= 0.6 is 0 Å². The first-order valence-corrected chi connectivity index (χ1v) is 11.1. The van der Waals surface area contributed by atoms with Gasteiger partial charge in [0.2, 0.25) is 0 Å². The van der Waals surface area contributed by atoms with Gasteiger partial charge in [0.15, 0.2) is 0 Å². The lowest BCUT2D eigenvalue weighted by Crippen LogP contribution is -2.49. The molecule has 0 aliphatic carbocycles. The summed E-state index contributed by atoms with van der Waals surface area (Å²) in [5, 5.41) is 0. The SMILES string of the molecule is COc1cc(-n2c(C)ccc2C)ncc1N1CC2CCC(C1)N(C(=O)OC(C)(C)C)C2. The molecule has 3 fully saturated rings. The molecule has 5 rings (SSSR count). The molecule has 2 bridgehead atoms. The number of anilines is 1. The second-order valence-corrected chi connectivity index (χ2v) is 9.80. The number of piperidine rings is 1. The van der Waals surface area contributed by atoms with E-state index in [0.29, 0.717) is 5.92 Å². The van der Waals surface area contributed by atoms with Crippen LogP contribution in [0.2, 0.25) is 0 Å². The molecule has 0 aromatic carbocycles. The largest absolute Gasteiger partial charge is 0.494 e. The van der Waals surface area contributed by atoms with Crippen molar-refractivity contribution < 1.29 is 14.3 Å². The van der Waals surface area contributed by atoms with E-state index in [1.54, 1.807) is 7.11 Å². The van der Waals surface area contributed by atoms with Crippen LogP contribution in [0.1, 0.15) is 45.0 Å². The van der Waals surface area contributed by atoms with E-state index in [0.717, 1.165) is 61.1 Å². The quantitative estimate of drug-likeness (QED) is 0.731. The van der Waals surface area contributed by atoms with Crippen molar-refractivity contribution in [2.75, 3.05) is 31.6 Å². The van der Waals surface area contributed by atoms with Gasteiger partial charge < -0.3 is 23.8 Å². The van der Waals surface area contributed by atoms with Gasteiger partial charge in [-0.1, -0.05) is 0 Å². The molecule has 0 N–H and O–H groups in total. The molecule has 2 aromatic rings. The minimum atomic E-state index is -0.486. The molecule has 31 heavy (non-hydrogen) atoms. The lowest BCUT2D eigenvalue weighted by atomic mass is 9.95. The van der Waals surface area contributed by atoms with E-state index in [1.165, 1.54) is 0 Å². The molecule has 3 aliphatic heterocycles. The molecule has 2 unspecified atom stereocenters. The van der Waals surface area contributed by atoms with Gasteiger partial charge in [0.05, 0.1) is 25.0 Å². The maximum Gasteiger partial charge on any atom is 0.410 e. The average molecular weight is 427 g/mol. The Morgan fingerprint density at radius 3 is 2.45 bits per heavy atom. The number of pyridine rings is 1. The minimum absolute atomic E-state index is 0.131. The van der Waals surface area contributed by atoms with E-state index in [-0.39, 0.29) is 12.1 Å². The fourth-order valence-electron chi connectivity index (χ4n) is 4.80. The summed E-state index contributed by atoms with van der Waals surface area (Å²) in [4.78, 5) is 21.8. The van der Waals surface area contributed by atoms with Gasteiger partial charge in [-0.05, 0) is 65.5 Å². The van der Waals surface area contributed by atoms with Crippen molar-refractivity contribution in [2.24, 2.45) is 5.92 Å². The topological polar surface area (TPSA) is 59.8 Å². The molecular formula is C24H34N4O3. The fourth-order valence-corrected chi connectivity index (χ4v) is 4.80. The van der Waals surface area contributed by atoms with Crippen LogP contribution in [0.25, 0.3) is 5.82 Å². The third kappa shape index (κ3) is 4.36. The van der Waals surface area contributed by atoms with Crippen LogP contribution in [0, 0.1) is 19.8 Å². The third-order valence-electron chi connectivity index (χ3n) is 6.23. The fraction of sp³-hybridized carbons (Fsp3) is 0.583. The summed E-state index contributed by atoms with van der Waals surface area (Å²) in [6.45, 7) is 12.3. The summed E-state index contributed by atoms with van der Waals surface area (Å²) in [6, 6.07) is 6.32. The van der Waals surface area contributed by atoms with E-state index < -0.39 is 5.60 Å². The number of methoxy groups -OCH3 is 1. The summed E-state index contributed by atoms with van der Waals surface area (Å²) in [7, 11) is 1.71. The lowest BCUT2D eigenvalue weighted by Gasteiger charge is -2.37. The van der Waals surface area contributed by atoms with Gasteiger partial charge in [-0.2, -0.15) is 0 Å². The third-order valence-corrected chi connectivity index (χ3v) is 6.23. The van der Waals surface area contributed by atoms with Crippen LogP contribution in [-0.2, 0) is 4.74 Å². The van der Waals surface area contributed by atoms with Gasteiger partial charge in [0, 0.05) is 37.1 Å². The molecule has 0 saturated carbocycles. The van der Waals surface area contributed by atoms with Crippen molar-refractivity contribution >= 4 is 11.8 Å². The Hall–Kier alpha value is -2.70. The normalized spacial score (nSPS) is 21.2. The van der Waals surface area contributed by atoms with Crippen LogP contribution < -0.4 is 9.64 Å². The molecule has 1 amide bonds. The number of ether oxygens (including phenoxy) is 2. The number of fused-ring (bicyclic) bond motifs is 4. The van der Waals surface area contributed by atoms with Crippen molar-refractivity contribution in [1.29, 1.82) is 0 Å². The van der Waals surface area contributed by atoms with Crippen LogP contribution in [0.4, 0.5) is 10.5 Å². The van der Waals surface area contributed by atoms with Crippen LogP contribution in [-0.4, -0.2) is 58.9 Å². The number of rotatable bonds is 3. The molecule has 5 heterocycles.